The smallest absolute Gasteiger partial charge is 0.326 e. The lowest BCUT2D eigenvalue weighted by Crippen LogP contribution is -2.44. The zero-order valence-electron chi connectivity index (χ0n) is 12.2. The predicted octanol–water partition coefficient (Wildman–Crippen LogP) is -0.708. The van der Waals surface area contributed by atoms with Crippen molar-refractivity contribution in [1.29, 1.82) is 0 Å². The molecule has 0 saturated carbocycles. The summed E-state index contributed by atoms with van der Waals surface area (Å²) in [7, 11) is 1.59. The molecule has 0 aromatic carbocycles. The van der Waals surface area contributed by atoms with Gasteiger partial charge in [0.1, 0.15) is 6.04 Å². The van der Waals surface area contributed by atoms with Gasteiger partial charge in [-0.1, -0.05) is 0 Å². The van der Waals surface area contributed by atoms with E-state index in [0.29, 0.717) is 12.8 Å². The van der Waals surface area contributed by atoms with E-state index < -0.39 is 12.0 Å². The summed E-state index contributed by atoms with van der Waals surface area (Å²) >= 11 is 0. The van der Waals surface area contributed by atoms with E-state index >= 15 is 0 Å². The number of carbonyl (C=O) groups is 4. The number of aliphatic carboxylic acids is 1. The maximum absolute atomic E-state index is 11.3. The topological polar surface area (TPSA) is 116 Å². The minimum absolute atomic E-state index is 0. The van der Waals surface area contributed by atoms with Crippen LogP contribution in [0.2, 0.25) is 0 Å². The molecule has 0 saturated heterocycles. The van der Waals surface area contributed by atoms with Crippen molar-refractivity contribution in [3.8, 4) is 0 Å². The summed E-state index contributed by atoms with van der Waals surface area (Å²) in [6.45, 7) is 0.299. The number of halogens is 1. The second-order valence-corrected chi connectivity index (χ2v) is 4.65. The number of nitrogens with zero attached hydrogens (tertiary/aromatic N) is 1. The molecule has 0 unspecified atom stereocenters. The first-order valence-corrected chi connectivity index (χ1v) is 6.66. The van der Waals surface area contributed by atoms with Gasteiger partial charge < -0.3 is 15.7 Å². The van der Waals surface area contributed by atoms with Gasteiger partial charge in [-0.15, -0.1) is 12.4 Å². The van der Waals surface area contributed by atoms with Crippen LogP contribution in [0.25, 0.3) is 0 Å². The van der Waals surface area contributed by atoms with Crippen molar-refractivity contribution in [1.82, 2.24) is 15.5 Å². The van der Waals surface area contributed by atoms with E-state index in [1.54, 1.807) is 7.05 Å². The third-order valence-electron chi connectivity index (χ3n) is 3.00. The molecule has 0 fully saturated rings. The first-order chi connectivity index (χ1) is 9.95. The molecule has 1 aliphatic rings. The Morgan fingerprint density at radius 2 is 1.82 bits per heavy atom. The number of nitrogens with one attached hydrogen (secondary N) is 2. The summed E-state index contributed by atoms with van der Waals surface area (Å²) in [5, 5.41) is 14.1. The van der Waals surface area contributed by atoms with Gasteiger partial charge in [0.15, 0.2) is 0 Å². The monoisotopic (exact) mass is 333 g/mol. The number of amides is 3. The first kappa shape index (κ1) is 20.1. The van der Waals surface area contributed by atoms with Crippen LogP contribution in [0, 0.1) is 0 Å². The maximum atomic E-state index is 11.3. The summed E-state index contributed by atoms with van der Waals surface area (Å²) in [6, 6.07) is -0.964. The number of imide groups is 1. The van der Waals surface area contributed by atoms with Crippen molar-refractivity contribution in [2.24, 2.45) is 0 Å². The Morgan fingerprint density at radius 3 is 2.32 bits per heavy atom. The average Bonchev–Trinajstić information content (AvgIpc) is 2.73. The van der Waals surface area contributed by atoms with Gasteiger partial charge in [-0.25, -0.2) is 4.79 Å². The molecule has 0 spiro atoms. The minimum Gasteiger partial charge on any atom is -0.480 e. The van der Waals surface area contributed by atoms with Crippen LogP contribution < -0.4 is 10.6 Å². The molecule has 124 valence electrons. The van der Waals surface area contributed by atoms with Gasteiger partial charge in [0.05, 0.1) is 6.54 Å². The first-order valence-electron chi connectivity index (χ1n) is 6.66. The third-order valence-corrected chi connectivity index (χ3v) is 3.00. The highest BCUT2D eigenvalue weighted by molar-refractivity contribution is 6.12. The summed E-state index contributed by atoms with van der Waals surface area (Å²) in [5.41, 5.74) is 0. The van der Waals surface area contributed by atoms with Crippen LogP contribution in [0.3, 0.4) is 0 Å². The number of unbranched alkanes of at least 4 members (excludes halogenated alkanes) is 1. The Kier molecular flexibility index (Phi) is 9.04. The maximum Gasteiger partial charge on any atom is 0.326 e. The standard InChI is InChI=1S/C13H19N3O5.ClH/c1-14-8-10(17)15-9(13(20)21)4-2-3-7-16-11(18)5-6-12(16)19;/h5-6,9,14H,2-4,7-8H2,1H3,(H,15,17)(H,20,21);1H/t9-;/m0./s1. The second kappa shape index (κ2) is 9.91. The van der Waals surface area contributed by atoms with Gasteiger partial charge in [-0.05, 0) is 26.3 Å². The highest BCUT2D eigenvalue weighted by Crippen LogP contribution is 2.08. The molecule has 8 nitrogen and oxygen atoms in total. The van der Waals surface area contributed by atoms with E-state index in [0.717, 1.165) is 4.90 Å². The molecule has 0 bridgehead atoms. The van der Waals surface area contributed by atoms with E-state index in [1.807, 2.05) is 0 Å². The normalized spacial score (nSPS) is 14.7. The van der Waals surface area contributed by atoms with E-state index in [1.165, 1.54) is 12.2 Å². The molecule has 9 heteroatoms. The third kappa shape index (κ3) is 6.23. The molecule has 22 heavy (non-hydrogen) atoms. The van der Waals surface area contributed by atoms with Crippen LogP contribution in [0.1, 0.15) is 19.3 Å². The van der Waals surface area contributed by atoms with Crippen molar-refractivity contribution in [3.63, 3.8) is 0 Å². The van der Waals surface area contributed by atoms with Crippen LogP contribution in [-0.2, 0) is 19.2 Å². The van der Waals surface area contributed by atoms with Gasteiger partial charge in [0.25, 0.3) is 11.8 Å². The van der Waals surface area contributed by atoms with Gasteiger partial charge in [0.2, 0.25) is 5.91 Å². The van der Waals surface area contributed by atoms with Crippen LogP contribution in [0.15, 0.2) is 12.2 Å². The van der Waals surface area contributed by atoms with E-state index in [4.69, 9.17) is 5.11 Å². The summed E-state index contributed by atoms with van der Waals surface area (Å²) in [5.74, 6) is -2.19. The lowest BCUT2D eigenvalue weighted by Gasteiger charge is -2.16. The lowest BCUT2D eigenvalue weighted by atomic mass is 10.1. The summed E-state index contributed by atoms with van der Waals surface area (Å²) in [6.07, 6.45) is 3.63. The molecule has 1 aliphatic heterocycles. The Balaban J connectivity index is 0.00000441. The molecule has 1 heterocycles. The number of likely N-dealkylation sites (N-methyl/N-ethyl adjacent to an activating group) is 1. The van der Waals surface area contributed by atoms with Crippen molar-refractivity contribution in [2.45, 2.75) is 25.3 Å². The van der Waals surface area contributed by atoms with Crippen molar-refractivity contribution < 1.29 is 24.3 Å². The zero-order valence-corrected chi connectivity index (χ0v) is 13.0. The molecular formula is C13H20ClN3O5. The molecule has 1 rings (SSSR count). The van der Waals surface area contributed by atoms with Gasteiger partial charge >= 0.3 is 5.97 Å². The lowest BCUT2D eigenvalue weighted by molar-refractivity contribution is -0.142. The van der Waals surface area contributed by atoms with E-state index in [-0.39, 0.29) is 49.6 Å². The molecule has 3 N–H and O–H groups in total. The SMILES string of the molecule is CNCC(=O)N[C@@H](CCCCN1C(=O)C=CC1=O)C(=O)O.Cl. The fourth-order valence-electron chi connectivity index (χ4n) is 1.93. The summed E-state index contributed by atoms with van der Waals surface area (Å²) in [4.78, 5) is 46.1. The summed E-state index contributed by atoms with van der Waals surface area (Å²) < 4.78 is 0. The van der Waals surface area contributed by atoms with Crippen molar-refractivity contribution in [2.75, 3.05) is 20.1 Å². The number of carboxylic acids is 1. The zero-order chi connectivity index (χ0) is 15.8. The van der Waals surface area contributed by atoms with Gasteiger partial charge in [0, 0.05) is 18.7 Å². The van der Waals surface area contributed by atoms with Crippen molar-refractivity contribution in [3.05, 3.63) is 12.2 Å². The minimum atomic E-state index is -1.10. The molecule has 0 aromatic heterocycles. The Morgan fingerprint density at radius 1 is 1.23 bits per heavy atom. The molecule has 0 radical (unpaired) electrons. The fourth-order valence-corrected chi connectivity index (χ4v) is 1.93. The number of rotatable bonds is 9. The van der Waals surface area contributed by atoms with Gasteiger partial charge in [-0.3, -0.25) is 19.3 Å². The van der Waals surface area contributed by atoms with Crippen LogP contribution in [-0.4, -0.2) is 59.9 Å². The molecule has 0 aliphatic carbocycles. The highest BCUT2D eigenvalue weighted by Gasteiger charge is 2.23. The number of hydrogen-bond acceptors (Lipinski definition) is 5. The number of carboxylic acid groups (broad SMARTS) is 1. The van der Waals surface area contributed by atoms with Crippen LogP contribution in [0.4, 0.5) is 0 Å². The fraction of sp³-hybridized carbons (Fsp3) is 0.538. The van der Waals surface area contributed by atoms with Crippen LogP contribution in [0.5, 0.6) is 0 Å². The molecule has 0 aromatic rings. The largest absolute Gasteiger partial charge is 0.480 e. The molecule has 1 atom stereocenters. The molecule has 3 amide bonds. The quantitative estimate of drug-likeness (QED) is 0.379. The average molecular weight is 334 g/mol. The number of carbonyl (C=O) groups excluding carboxylic acids is 3. The van der Waals surface area contributed by atoms with Crippen LogP contribution >= 0.6 is 12.4 Å². The van der Waals surface area contributed by atoms with E-state index in [9.17, 15) is 19.2 Å². The Hall–Kier alpha value is -1.93. The Bertz CT molecular complexity index is 449. The Labute approximate surface area is 134 Å². The molecular weight excluding hydrogens is 314 g/mol. The number of hydrogen-bond donors (Lipinski definition) is 3. The highest BCUT2D eigenvalue weighted by atomic mass is 35.5. The van der Waals surface area contributed by atoms with E-state index in [2.05, 4.69) is 10.6 Å². The predicted molar refractivity (Wildman–Crippen MR) is 80.5 cm³/mol. The second-order valence-electron chi connectivity index (χ2n) is 4.65. The van der Waals surface area contributed by atoms with Gasteiger partial charge in [-0.2, -0.15) is 0 Å². The van der Waals surface area contributed by atoms with Crippen molar-refractivity contribution >= 4 is 36.1 Å².